The average molecular weight is 577 g/mol. The van der Waals surface area contributed by atoms with E-state index in [2.05, 4.69) is 79.0 Å². The first-order valence-corrected chi connectivity index (χ1v) is 17.0. The van der Waals surface area contributed by atoms with Crippen LogP contribution in [0.15, 0.2) is 60.7 Å². The minimum Gasteiger partial charge on any atom is -0.244 e. The van der Waals surface area contributed by atoms with Gasteiger partial charge in [-0.15, -0.1) is 6.58 Å². The van der Waals surface area contributed by atoms with Crippen LogP contribution in [0.2, 0.25) is 0 Å². The molecule has 0 bridgehead atoms. The third kappa shape index (κ3) is 40.6. The number of aryl methyl sites for hydroxylation is 1. The monoisotopic (exact) mass is 577 g/mol. The second-order valence-electron chi connectivity index (χ2n) is 11.2. The normalized spacial score (nSPS) is 15.1. The molecule has 0 saturated heterocycles. The van der Waals surface area contributed by atoms with E-state index in [9.17, 15) is 4.39 Å². The Bertz CT molecular complexity index is 681. The topological polar surface area (TPSA) is 0 Å². The SMILES string of the molecule is C=C(C)/C(C)=C/C.C=CC.CC.CC.CC1CCC(CCc2cccc(CC(C)(C)F)c2)C1.CCCC.CCCC. The van der Waals surface area contributed by atoms with Crippen LogP contribution in [0.1, 0.15) is 166 Å². The van der Waals surface area contributed by atoms with Gasteiger partial charge in [-0.05, 0) is 83.8 Å². The molecule has 0 aromatic heterocycles. The fourth-order valence-corrected chi connectivity index (χ4v) is 3.58. The minimum atomic E-state index is -1.11. The van der Waals surface area contributed by atoms with Crippen LogP contribution in [0.4, 0.5) is 4.39 Å². The molecule has 244 valence electrons. The van der Waals surface area contributed by atoms with Gasteiger partial charge in [-0.1, -0.05) is 155 Å². The van der Waals surface area contributed by atoms with E-state index >= 15 is 0 Å². The van der Waals surface area contributed by atoms with Crippen molar-refractivity contribution in [3.63, 3.8) is 0 Å². The highest BCUT2D eigenvalue weighted by atomic mass is 19.1. The quantitative estimate of drug-likeness (QED) is 0.213. The van der Waals surface area contributed by atoms with Crippen molar-refractivity contribution in [3.8, 4) is 0 Å². The van der Waals surface area contributed by atoms with Gasteiger partial charge in [0.2, 0.25) is 0 Å². The molecule has 1 aromatic rings. The highest BCUT2D eigenvalue weighted by Crippen LogP contribution is 2.33. The lowest BCUT2D eigenvalue weighted by atomic mass is 9.94. The summed E-state index contributed by atoms with van der Waals surface area (Å²) in [5.41, 5.74) is 3.83. The molecule has 0 spiro atoms. The number of rotatable bonds is 8. The van der Waals surface area contributed by atoms with Crippen molar-refractivity contribution in [2.75, 3.05) is 0 Å². The van der Waals surface area contributed by atoms with Crippen LogP contribution in [0.25, 0.3) is 0 Å². The highest BCUT2D eigenvalue weighted by Gasteiger charge is 2.21. The van der Waals surface area contributed by atoms with E-state index in [4.69, 9.17) is 0 Å². The van der Waals surface area contributed by atoms with E-state index < -0.39 is 5.67 Å². The van der Waals surface area contributed by atoms with Crippen LogP contribution >= 0.6 is 0 Å². The van der Waals surface area contributed by atoms with Gasteiger partial charge in [0.15, 0.2) is 0 Å². The first kappa shape index (κ1) is 49.1. The summed E-state index contributed by atoms with van der Waals surface area (Å²) in [6.45, 7) is 37.5. The summed E-state index contributed by atoms with van der Waals surface area (Å²) in [5, 5.41) is 0. The summed E-state index contributed by atoms with van der Waals surface area (Å²) in [7, 11) is 0. The van der Waals surface area contributed by atoms with Gasteiger partial charge in [0.25, 0.3) is 0 Å². The Hall–Kier alpha value is -1.63. The molecule has 0 aliphatic heterocycles. The summed E-state index contributed by atoms with van der Waals surface area (Å²) >= 11 is 0. The molecule has 1 heteroatoms. The Labute approximate surface area is 261 Å². The van der Waals surface area contributed by atoms with E-state index in [0.29, 0.717) is 6.42 Å². The molecular formula is C40H77F. The summed E-state index contributed by atoms with van der Waals surface area (Å²) < 4.78 is 13.7. The Morgan fingerprint density at radius 2 is 1.34 bits per heavy atom. The summed E-state index contributed by atoms with van der Waals surface area (Å²) in [6.07, 6.45) is 16.3. The molecule has 1 aromatic carbocycles. The molecule has 1 fully saturated rings. The average Bonchev–Trinajstić information content (AvgIpc) is 3.38. The van der Waals surface area contributed by atoms with Gasteiger partial charge >= 0.3 is 0 Å². The largest absolute Gasteiger partial charge is 0.244 e. The van der Waals surface area contributed by atoms with Gasteiger partial charge in [0, 0.05) is 6.42 Å². The third-order valence-electron chi connectivity index (χ3n) is 6.37. The highest BCUT2D eigenvalue weighted by molar-refractivity contribution is 5.25. The standard InChI is InChI=1S/C18H27F.C7H12.2C4H10.C3H6.2C2H6/c1-14-7-8-16(11-14)10-9-15-5-4-6-17(12-15)13-18(2,3)19;1-5-7(4)6(2)3;2*1-3-4-2;1-3-2;2*1-2/h4-6,12,14,16H,7-11,13H2,1-3H3;5H,2H2,1,3-4H3;2*3-4H2,1-2H3;3H,1H2,2H3;2*1-2H3/b;7-5+;;;;;. The van der Waals surface area contributed by atoms with Crippen LogP contribution in [0, 0.1) is 11.8 Å². The summed E-state index contributed by atoms with van der Waals surface area (Å²) in [5.74, 6) is 1.83. The molecule has 2 rings (SSSR count). The second kappa shape index (κ2) is 36.4. The Kier molecular flexibility index (Phi) is 43.6. The fourth-order valence-electron chi connectivity index (χ4n) is 3.58. The van der Waals surface area contributed by atoms with Crippen LogP contribution in [-0.2, 0) is 12.8 Å². The predicted octanol–water partition coefficient (Wildman–Crippen LogP) is 14.7. The van der Waals surface area contributed by atoms with E-state index in [1.807, 2.05) is 54.5 Å². The molecule has 0 radical (unpaired) electrons. The van der Waals surface area contributed by atoms with Crippen molar-refractivity contribution in [1.82, 2.24) is 0 Å². The molecule has 0 heterocycles. The zero-order valence-corrected chi connectivity index (χ0v) is 31.0. The third-order valence-corrected chi connectivity index (χ3v) is 6.37. The molecule has 2 atom stereocenters. The maximum absolute atomic E-state index is 13.7. The molecule has 0 amide bonds. The van der Waals surface area contributed by atoms with Crippen molar-refractivity contribution < 1.29 is 4.39 Å². The van der Waals surface area contributed by atoms with E-state index in [1.165, 1.54) is 62.5 Å². The van der Waals surface area contributed by atoms with Gasteiger partial charge in [-0.25, -0.2) is 4.39 Å². The van der Waals surface area contributed by atoms with Crippen molar-refractivity contribution in [2.24, 2.45) is 11.8 Å². The number of unbranched alkanes of at least 4 members (excludes halogenated alkanes) is 2. The zero-order valence-electron chi connectivity index (χ0n) is 31.0. The van der Waals surface area contributed by atoms with Crippen molar-refractivity contribution in [3.05, 3.63) is 71.8 Å². The summed E-state index contributed by atoms with van der Waals surface area (Å²) in [4.78, 5) is 0. The molecule has 1 aliphatic rings. The van der Waals surface area contributed by atoms with E-state index in [1.54, 1.807) is 19.9 Å². The number of allylic oxidation sites excluding steroid dienone is 4. The lowest BCUT2D eigenvalue weighted by molar-refractivity contribution is 0.217. The Balaban J connectivity index is -0.000000162. The lowest BCUT2D eigenvalue weighted by Crippen LogP contribution is -2.15. The molecule has 0 nitrogen and oxygen atoms in total. The first-order chi connectivity index (χ1) is 19.3. The minimum absolute atomic E-state index is 0.515. The molecule has 2 unspecified atom stereocenters. The van der Waals surface area contributed by atoms with Crippen LogP contribution in [-0.4, -0.2) is 5.67 Å². The van der Waals surface area contributed by atoms with Crippen molar-refractivity contribution in [2.45, 2.75) is 174 Å². The van der Waals surface area contributed by atoms with Gasteiger partial charge < -0.3 is 0 Å². The van der Waals surface area contributed by atoms with Gasteiger partial charge in [-0.3, -0.25) is 0 Å². The molecule has 1 aliphatic carbocycles. The van der Waals surface area contributed by atoms with Gasteiger partial charge in [-0.2, -0.15) is 0 Å². The summed E-state index contributed by atoms with van der Waals surface area (Å²) in [6, 6.07) is 8.50. The number of hydrogen-bond donors (Lipinski definition) is 0. The van der Waals surface area contributed by atoms with Crippen molar-refractivity contribution >= 4 is 0 Å². The van der Waals surface area contributed by atoms with Gasteiger partial charge in [0.05, 0.1) is 0 Å². The number of halogens is 1. The predicted molar refractivity (Wildman–Crippen MR) is 194 cm³/mol. The van der Waals surface area contributed by atoms with Crippen LogP contribution < -0.4 is 0 Å². The van der Waals surface area contributed by atoms with Crippen molar-refractivity contribution in [1.29, 1.82) is 0 Å². The molecule has 1 saturated carbocycles. The fraction of sp³-hybridized carbons (Fsp3) is 0.700. The maximum Gasteiger partial charge on any atom is 0.109 e. The number of hydrogen-bond acceptors (Lipinski definition) is 0. The Morgan fingerprint density at radius 1 is 0.902 bits per heavy atom. The number of alkyl halides is 1. The number of benzene rings is 1. The second-order valence-corrected chi connectivity index (χ2v) is 11.2. The first-order valence-electron chi connectivity index (χ1n) is 17.0. The maximum atomic E-state index is 13.7. The molecule has 41 heavy (non-hydrogen) atoms. The lowest BCUT2D eigenvalue weighted by Gasteiger charge is -2.15. The van der Waals surface area contributed by atoms with E-state index in [-0.39, 0.29) is 0 Å². The zero-order chi connectivity index (χ0) is 33.3. The van der Waals surface area contributed by atoms with E-state index in [0.717, 1.165) is 29.4 Å². The van der Waals surface area contributed by atoms with Crippen LogP contribution in [0.3, 0.4) is 0 Å². The molecule has 0 N–H and O–H groups in total. The van der Waals surface area contributed by atoms with Gasteiger partial charge in [0.1, 0.15) is 5.67 Å². The Morgan fingerprint density at radius 3 is 1.63 bits per heavy atom. The van der Waals surface area contributed by atoms with Crippen LogP contribution in [0.5, 0.6) is 0 Å². The molecular weight excluding hydrogens is 499 g/mol. The smallest absolute Gasteiger partial charge is 0.109 e.